The van der Waals surface area contributed by atoms with E-state index in [4.69, 9.17) is 10.7 Å². The first-order valence-corrected chi connectivity index (χ1v) is 5.80. The van der Waals surface area contributed by atoms with Crippen LogP contribution in [0.1, 0.15) is 19.3 Å². The highest BCUT2D eigenvalue weighted by atomic mass is 15.3. The van der Waals surface area contributed by atoms with Crippen LogP contribution in [-0.2, 0) is 0 Å². The number of amidine groups is 2. The Morgan fingerprint density at radius 1 is 1.25 bits per heavy atom. The Morgan fingerprint density at radius 2 is 1.88 bits per heavy atom. The maximum atomic E-state index is 5.93. The van der Waals surface area contributed by atoms with Crippen LogP contribution in [0.2, 0.25) is 0 Å². The summed E-state index contributed by atoms with van der Waals surface area (Å²) in [7, 11) is 6.17. The van der Waals surface area contributed by atoms with Crippen LogP contribution in [-0.4, -0.2) is 61.4 Å². The molecule has 2 aliphatic rings. The molecule has 90 valence electrons. The van der Waals surface area contributed by atoms with E-state index in [-0.39, 0.29) is 5.66 Å². The van der Waals surface area contributed by atoms with E-state index in [1.165, 1.54) is 0 Å². The molecule has 0 unspecified atom stereocenters. The van der Waals surface area contributed by atoms with Gasteiger partial charge in [-0.3, -0.25) is 0 Å². The van der Waals surface area contributed by atoms with Crippen molar-refractivity contribution in [3.8, 4) is 0 Å². The molecule has 5 heteroatoms. The Morgan fingerprint density at radius 3 is 2.44 bits per heavy atom. The third-order valence-corrected chi connectivity index (χ3v) is 3.33. The van der Waals surface area contributed by atoms with Crippen molar-refractivity contribution in [2.75, 3.05) is 34.2 Å². The van der Waals surface area contributed by atoms with Gasteiger partial charge in [0.1, 0.15) is 11.7 Å². The van der Waals surface area contributed by atoms with E-state index in [1.54, 1.807) is 0 Å². The van der Waals surface area contributed by atoms with E-state index in [2.05, 4.69) is 16.9 Å². The highest BCUT2D eigenvalue weighted by Crippen LogP contribution is 2.30. The molecule has 2 N–H and O–H groups in total. The summed E-state index contributed by atoms with van der Waals surface area (Å²) in [6, 6.07) is 0. The second-order valence-corrected chi connectivity index (χ2v) is 4.99. The average molecular weight is 223 g/mol. The van der Waals surface area contributed by atoms with Crippen molar-refractivity contribution in [3.63, 3.8) is 0 Å². The number of nitrogens with zero attached hydrogens (tertiary/aromatic N) is 4. The molecule has 0 aliphatic carbocycles. The van der Waals surface area contributed by atoms with Crippen molar-refractivity contribution in [2.24, 2.45) is 15.7 Å². The van der Waals surface area contributed by atoms with Crippen LogP contribution < -0.4 is 5.73 Å². The topological polar surface area (TPSA) is 57.2 Å². The minimum atomic E-state index is -0.269. The molecule has 0 bridgehead atoms. The molecule has 0 aromatic rings. The second-order valence-electron chi connectivity index (χ2n) is 4.99. The van der Waals surface area contributed by atoms with Crippen LogP contribution >= 0.6 is 0 Å². The van der Waals surface area contributed by atoms with Gasteiger partial charge in [-0.25, -0.2) is 9.98 Å². The van der Waals surface area contributed by atoms with Gasteiger partial charge in [0.25, 0.3) is 0 Å². The van der Waals surface area contributed by atoms with Gasteiger partial charge in [-0.2, -0.15) is 0 Å². The monoisotopic (exact) mass is 223 g/mol. The number of nitrogens with two attached hydrogens (primary N) is 1. The lowest BCUT2D eigenvalue weighted by atomic mass is 9.97. The number of rotatable bonds is 0. The predicted molar refractivity (Wildman–Crippen MR) is 66.8 cm³/mol. The van der Waals surface area contributed by atoms with Gasteiger partial charge in [0.2, 0.25) is 0 Å². The van der Waals surface area contributed by atoms with Crippen molar-refractivity contribution >= 4 is 11.7 Å². The molecule has 1 fully saturated rings. The first-order chi connectivity index (χ1) is 7.51. The minimum Gasteiger partial charge on any atom is -0.387 e. The maximum absolute atomic E-state index is 5.93. The number of hydrogen-bond donors (Lipinski definition) is 1. The molecule has 0 radical (unpaired) electrons. The molecule has 0 amide bonds. The van der Waals surface area contributed by atoms with E-state index in [1.807, 2.05) is 19.0 Å². The Labute approximate surface area is 97.0 Å². The summed E-state index contributed by atoms with van der Waals surface area (Å²) in [6.45, 7) is 2.09. The number of piperidine rings is 1. The molecule has 16 heavy (non-hydrogen) atoms. The Hall–Kier alpha value is -1.10. The van der Waals surface area contributed by atoms with Gasteiger partial charge >= 0.3 is 0 Å². The fraction of sp³-hybridized carbons (Fsp3) is 0.818. The zero-order valence-electron chi connectivity index (χ0n) is 10.4. The SMILES string of the molecule is CN1CCC2(CC1)N=C(N)CC(N(C)C)=N2. The van der Waals surface area contributed by atoms with Crippen molar-refractivity contribution in [1.29, 1.82) is 0 Å². The van der Waals surface area contributed by atoms with Gasteiger partial charge in [-0.05, 0) is 7.05 Å². The van der Waals surface area contributed by atoms with Gasteiger partial charge in [-0.1, -0.05) is 0 Å². The Balaban J connectivity index is 2.22. The van der Waals surface area contributed by atoms with Crippen LogP contribution in [0.4, 0.5) is 0 Å². The summed E-state index contributed by atoms with van der Waals surface area (Å²) in [5, 5.41) is 0. The van der Waals surface area contributed by atoms with E-state index in [0.717, 1.165) is 37.6 Å². The molecule has 2 rings (SSSR count). The number of hydrogen-bond acceptors (Lipinski definition) is 5. The zero-order chi connectivity index (χ0) is 11.8. The molecule has 2 heterocycles. The lowest BCUT2D eigenvalue weighted by molar-refractivity contribution is 0.195. The quantitative estimate of drug-likeness (QED) is 0.635. The lowest BCUT2D eigenvalue weighted by Crippen LogP contribution is -2.46. The molecule has 0 aromatic heterocycles. The Bertz CT molecular complexity index is 323. The first-order valence-electron chi connectivity index (χ1n) is 5.80. The number of aliphatic imine (C=N–C) groups is 2. The van der Waals surface area contributed by atoms with E-state index >= 15 is 0 Å². The van der Waals surface area contributed by atoms with E-state index in [9.17, 15) is 0 Å². The normalized spacial score (nSPS) is 25.2. The van der Waals surface area contributed by atoms with Crippen molar-refractivity contribution < 1.29 is 0 Å². The van der Waals surface area contributed by atoms with Gasteiger partial charge in [-0.15, -0.1) is 0 Å². The summed E-state index contributed by atoms with van der Waals surface area (Å²) in [5.74, 6) is 1.78. The first kappa shape index (κ1) is 11.4. The highest BCUT2D eigenvalue weighted by Gasteiger charge is 2.36. The minimum absolute atomic E-state index is 0.269. The molecule has 1 saturated heterocycles. The Kier molecular flexibility index (Phi) is 2.88. The lowest BCUT2D eigenvalue weighted by Gasteiger charge is -2.38. The average Bonchev–Trinajstić information content (AvgIpc) is 2.22. The van der Waals surface area contributed by atoms with Gasteiger partial charge in [0, 0.05) is 40.0 Å². The fourth-order valence-corrected chi connectivity index (χ4v) is 2.23. The third-order valence-electron chi connectivity index (χ3n) is 3.33. The molecule has 0 atom stereocenters. The highest BCUT2D eigenvalue weighted by molar-refractivity contribution is 6.03. The zero-order valence-corrected chi connectivity index (χ0v) is 10.4. The maximum Gasteiger partial charge on any atom is 0.156 e. The van der Waals surface area contributed by atoms with Crippen molar-refractivity contribution in [1.82, 2.24) is 9.80 Å². The van der Waals surface area contributed by atoms with Gasteiger partial charge < -0.3 is 15.5 Å². The summed E-state index contributed by atoms with van der Waals surface area (Å²) < 4.78 is 0. The van der Waals surface area contributed by atoms with Crippen LogP contribution in [0.15, 0.2) is 9.98 Å². The van der Waals surface area contributed by atoms with Gasteiger partial charge in [0.15, 0.2) is 5.66 Å². The largest absolute Gasteiger partial charge is 0.387 e. The molecular formula is C11H21N5. The van der Waals surface area contributed by atoms with Crippen molar-refractivity contribution in [3.05, 3.63) is 0 Å². The second kappa shape index (κ2) is 4.05. The summed E-state index contributed by atoms with van der Waals surface area (Å²) >= 11 is 0. The van der Waals surface area contributed by atoms with Gasteiger partial charge in [0.05, 0.1) is 6.42 Å². The van der Waals surface area contributed by atoms with Crippen LogP contribution in [0.25, 0.3) is 0 Å². The predicted octanol–water partition coefficient (Wildman–Crippen LogP) is 0.129. The fourth-order valence-electron chi connectivity index (χ4n) is 2.23. The molecule has 2 aliphatic heterocycles. The van der Waals surface area contributed by atoms with E-state index < -0.39 is 0 Å². The molecule has 1 spiro atoms. The van der Waals surface area contributed by atoms with Crippen molar-refractivity contribution in [2.45, 2.75) is 24.9 Å². The summed E-state index contributed by atoms with van der Waals surface area (Å²) in [4.78, 5) is 13.8. The van der Waals surface area contributed by atoms with E-state index in [0.29, 0.717) is 6.42 Å². The third kappa shape index (κ3) is 2.19. The summed E-state index contributed by atoms with van der Waals surface area (Å²) in [5.41, 5.74) is 5.66. The molecule has 0 saturated carbocycles. The standard InChI is InChI=1S/C11H21N5/c1-15(2)10-8-9(12)13-11(14-10)4-6-16(3)7-5-11/h4-8H2,1-3H3,(H2,12,13). The van der Waals surface area contributed by atoms with Crippen LogP contribution in [0, 0.1) is 0 Å². The van der Waals surface area contributed by atoms with Crippen LogP contribution in [0.3, 0.4) is 0 Å². The smallest absolute Gasteiger partial charge is 0.156 e. The molecule has 0 aromatic carbocycles. The number of likely N-dealkylation sites (tertiary alicyclic amines) is 1. The summed E-state index contributed by atoms with van der Waals surface area (Å²) in [6.07, 6.45) is 2.63. The van der Waals surface area contributed by atoms with Crippen LogP contribution in [0.5, 0.6) is 0 Å². The molecule has 5 nitrogen and oxygen atoms in total. The molecular weight excluding hydrogens is 202 g/mol.